The van der Waals surface area contributed by atoms with Crippen molar-refractivity contribution < 1.29 is 4.79 Å². The molecular formula is C13H22BrClN2OS. The SMILES string of the molecule is CCC(CC)(CN)C(=O)N(C)Cc1csc(Br)c1.Cl. The summed E-state index contributed by atoms with van der Waals surface area (Å²) in [6.45, 7) is 5.12. The average molecular weight is 370 g/mol. The zero-order chi connectivity index (χ0) is 13.8. The molecule has 2 N–H and O–H groups in total. The zero-order valence-corrected chi connectivity index (χ0v) is 14.8. The number of carbonyl (C=O) groups is 1. The monoisotopic (exact) mass is 368 g/mol. The first-order chi connectivity index (χ1) is 8.49. The van der Waals surface area contributed by atoms with Crippen LogP contribution in [0.3, 0.4) is 0 Å². The molecule has 0 saturated carbocycles. The molecular weight excluding hydrogens is 348 g/mol. The molecule has 0 aliphatic rings. The Morgan fingerprint density at radius 1 is 1.47 bits per heavy atom. The standard InChI is InChI=1S/C13H21BrN2OS.ClH/c1-4-13(5-2,9-15)12(17)16(3)7-10-6-11(14)18-8-10;/h6,8H,4-5,7,9,15H2,1-3H3;1H. The van der Waals surface area contributed by atoms with Gasteiger partial charge in [0.15, 0.2) is 0 Å². The summed E-state index contributed by atoms with van der Waals surface area (Å²) in [6, 6.07) is 2.05. The Labute approximate surface area is 134 Å². The van der Waals surface area contributed by atoms with Gasteiger partial charge in [-0.2, -0.15) is 0 Å². The van der Waals surface area contributed by atoms with Gasteiger partial charge in [0.05, 0.1) is 9.20 Å². The molecule has 0 spiro atoms. The van der Waals surface area contributed by atoms with E-state index in [0.29, 0.717) is 13.1 Å². The van der Waals surface area contributed by atoms with Crippen LogP contribution in [0.5, 0.6) is 0 Å². The van der Waals surface area contributed by atoms with Crippen LogP contribution in [0.2, 0.25) is 0 Å². The van der Waals surface area contributed by atoms with Crippen molar-refractivity contribution in [3.63, 3.8) is 0 Å². The van der Waals surface area contributed by atoms with Crippen LogP contribution < -0.4 is 5.73 Å². The van der Waals surface area contributed by atoms with Crippen LogP contribution in [0, 0.1) is 5.41 Å². The van der Waals surface area contributed by atoms with Crippen molar-refractivity contribution in [2.45, 2.75) is 33.2 Å². The van der Waals surface area contributed by atoms with Gasteiger partial charge in [-0.05, 0) is 45.8 Å². The highest BCUT2D eigenvalue weighted by molar-refractivity contribution is 9.11. The Kier molecular flexibility index (Phi) is 8.20. The molecule has 0 aliphatic carbocycles. The highest BCUT2D eigenvalue weighted by Crippen LogP contribution is 2.28. The number of halogens is 2. The van der Waals surface area contributed by atoms with E-state index in [9.17, 15) is 4.79 Å². The van der Waals surface area contributed by atoms with Crippen LogP contribution in [0.25, 0.3) is 0 Å². The second-order valence-corrected chi connectivity index (χ2v) is 6.90. The van der Waals surface area contributed by atoms with Crippen molar-refractivity contribution >= 4 is 45.6 Å². The molecule has 0 atom stereocenters. The minimum atomic E-state index is -0.401. The second-order valence-electron chi connectivity index (χ2n) is 4.61. The summed E-state index contributed by atoms with van der Waals surface area (Å²) < 4.78 is 1.09. The van der Waals surface area contributed by atoms with Gasteiger partial charge in [-0.1, -0.05) is 13.8 Å². The summed E-state index contributed by atoms with van der Waals surface area (Å²) in [4.78, 5) is 14.3. The third-order valence-electron chi connectivity index (χ3n) is 3.59. The fraction of sp³-hybridized carbons (Fsp3) is 0.615. The molecule has 3 nitrogen and oxygen atoms in total. The van der Waals surface area contributed by atoms with Gasteiger partial charge in [0.1, 0.15) is 0 Å². The maximum absolute atomic E-state index is 12.5. The van der Waals surface area contributed by atoms with E-state index in [1.807, 2.05) is 20.9 Å². The maximum Gasteiger partial charge on any atom is 0.230 e. The maximum atomic E-state index is 12.5. The largest absolute Gasteiger partial charge is 0.341 e. The van der Waals surface area contributed by atoms with Gasteiger partial charge in [-0.15, -0.1) is 23.7 Å². The molecule has 110 valence electrons. The quantitative estimate of drug-likeness (QED) is 0.832. The molecule has 1 aromatic rings. The number of nitrogens with zero attached hydrogens (tertiary/aromatic N) is 1. The minimum Gasteiger partial charge on any atom is -0.341 e. The summed E-state index contributed by atoms with van der Waals surface area (Å²) in [6.07, 6.45) is 1.58. The van der Waals surface area contributed by atoms with E-state index in [4.69, 9.17) is 5.73 Å². The molecule has 0 saturated heterocycles. The first-order valence-corrected chi connectivity index (χ1v) is 7.85. The zero-order valence-electron chi connectivity index (χ0n) is 11.6. The van der Waals surface area contributed by atoms with E-state index >= 15 is 0 Å². The fourth-order valence-corrected chi connectivity index (χ4v) is 3.31. The smallest absolute Gasteiger partial charge is 0.230 e. The van der Waals surface area contributed by atoms with Gasteiger partial charge in [0.2, 0.25) is 5.91 Å². The van der Waals surface area contributed by atoms with E-state index in [-0.39, 0.29) is 18.3 Å². The molecule has 0 aliphatic heterocycles. The van der Waals surface area contributed by atoms with Gasteiger partial charge in [-0.25, -0.2) is 0 Å². The van der Waals surface area contributed by atoms with E-state index in [1.54, 1.807) is 16.2 Å². The van der Waals surface area contributed by atoms with E-state index < -0.39 is 5.41 Å². The van der Waals surface area contributed by atoms with Crippen molar-refractivity contribution in [1.29, 1.82) is 0 Å². The summed E-state index contributed by atoms with van der Waals surface area (Å²) >= 11 is 5.07. The molecule has 1 amide bonds. The highest BCUT2D eigenvalue weighted by atomic mass is 79.9. The number of rotatable bonds is 6. The van der Waals surface area contributed by atoms with Crippen LogP contribution in [-0.4, -0.2) is 24.4 Å². The molecule has 6 heteroatoms. The lowest BCUT2D eigenvalue weighted by molar-refractivity contribution is -0.141. The van der Waals surface area contributed by atoms with Gasteiger partial charge < -0.3 is 10.6 Å². The number of thiophene rings is 1. The van der Waals surface area contributed by atoms with Gasteiger partial charge in [0, 0.05) is 20.1 Å². The fourth-order valence-electron chi connectivity index (χ4n) is 2.11. The van der Waals surface area contributed by atoms with Crippen molar-refractivity contribution in [2.24, 2.45) is 11.1 Å². The van der Waals surface area contributed by atoms with Crippen LogP contribution in [-0.2, 0) is 11.3 Å². The lowest BCUT2D eigenvalue weighted by Gasteiger charge is -2.33. The normalized spacial score (nSPS) is 11.0. The number of amides is 1. The second kappa shape index (κ2) is 8.25. The van der Waals surface area contributed by atoms with Crippen LogP contribution >= 0.6 is 39.7 Å². The summed E-state index contributed by atoms with van der Waals surface area (Å²) in [5.74, 6) is 0.150. The number of hydrogen-bond donors (Lipinski definition) is 1. The van der Waals surface area contributed by atoms with Crippen LogP contribution in [0.4, 0.5) is 0 Å². The first-order valence-electron chi connectivity index (χ1n) is 6.17. The number of hydrogen-bond acceptors (Lipinski definition) is 3. The van der Waals surface area contributed by atoms with Crippen molar-refractivity contribution in [2.75, 3.05) is 13.6 Å². The third-order valence-corrected chi connectivity index (χ3v) is 5.14. The number of nitrogens with two attached hydrogens (primary N) is 1. The lowest BCUT2D eigenvalue weighted by Crippen LogP contribution is -2.45. The van der Waals surface area contributed by atoms with Gasteiger partial charge in [-0.3, -0.25) is 4.79 Å². The topological polar surface area (TPSA) is 46.3 Å². The molecule has 0 bridgehead atoms. The summed E-state index contributed by atoms with van der Waals surface area (Å²) in [5, 5.41) is 2.07. The summed E-state index contributed by atoms with van der Waals surface area (Å²) in [7, 11) is 1.85. The predicted octanol–water partition coefficient (Wildman–Crippen LogP) is 3.66. The van der Waals surface area contributed by atoms with Crippen molar-refractivity contribution in [1.82, 2.24) is 4.90 Å². The van der Waals surface area contributed by atoms with Gasteiger partial charge >= 0.3 is 0 Å². The third kappa shape index (κ3) is 4.45. The Morgan fingerprint density at radius 3 is 2.42 bits per heavy atom. The Morgan fingerprint density at radius 2 is 2.05 bits per heavy atom. The molecule has 0 radical (unpaired) electrons. The molecule has 0 fully saturated rings. The Bertz CT molecular complexity index is 399. The summed E-state index contributed by atoms with van der Waals surface area (Å²) in [5.41, 5.74) is 6.56. The van der Waals surface area contributed by atoms with E-state index in [1.165, 1.54) is 0 Å². The highest BCUT2D eigenvalue weighted by Gasteiger charge is 2.35. The Balaban J connectivity index is 0.00000324. The average Bonchev–Trinajstić information content (AvgIpc) is 2.77. The minimum absolute atomic E-state index is 0. The lowest BCUT2D eigenvalue weighted by atomic mass is 9.81. The van der Waals surface area contributed by atoms with E-state index in [2.05, 4.69) is 27.4 Å². The van der Waals surface area contributed by atoms with Crippen LogP contribution in [0.1, 0.15) is 32.3 Å². The molecule has 0 aromatic carbocycles. The van der Waals surface area contributed by atoms with Crippen molar-refractivity contribution in [3.8, 4) is 0 Å². The predicted molar refractivity (Wildman–Crippen MR) is 87.8 cm³/mol. The molecule has 1 aromatic heterocycles. The van der Waals surface area contributed by atoms with Crippen molar-refractivity contribution in [3.05, 3.63) is 20.8 Å². The molecule has 19 heavy (non-hydrogen) atoms. The molecule has 1 heterocycles. The number of carbonyl (C=O) groups excluding carboxylic acids is 1. The van der Waals surface area contributed by atoms with E-state index in [0.717, 1.165) is 22.2 Å². The molecule has 1 rings (SSSR count). The Hall–Kier alpha value is -0.100. The molecule has 0 unspecified atom stereocenters. The first kappa shape index (κ1) is 18.9. The van der Waals surface area contributed by atoms with Crippen LogP contribution in [0.15, 0.2) is 15.2 Å². The van der Waals surface area contributed by atoms with Gasteiger partial charge in [0.25, 0.3) is 0 Å².